The van der Waals surface area contributed by atoms with Gasteiger partial charge in [-0.1, -0.05) is 12.1 Å². The summed E-state index contributed by atoms with van der Waals surface area (Å²) in [6, 6.07) is 13.4. The van der Waals surface area contributed by atoms with Crippen molar-refractivity contribution >= 4 is 18.0 Å². The molecule has 31 heavy (non-hydrogen) atoms. The number of hydrogen-bond donors (Lipinski definition) is 0. The average Bonchev–Trinajstić information content (AvgIpc) is 3.10. The highest BCUT2D eigenvalue weighted by Crippen LogP contribution is 2.33. The Labute approximate surface area is 179 Å². The summed E-state index contributed by atoms with van der Waals surface area (Å²) in [5.74, 6) is 0.446. The minimum absolute atomic E-state index is 0.278. The molecule has 0 saturated heterocycles. The molecular formula is C24H21NO6. The number of esters is 1. The maximum atomic E-state index is 12.7. The highest BCUT2D eigenvalue weighted by atomic mass is 16.6. The Balaban J connectivity index is 1.50. The van der Waals surface area contributed by atoms with Crippen LogP contribution < -0.4 is 9.47 Å². The summed E-state index contributed by atoms with van der Waals surface area (Å²) >= 11 is 0. The SMILES string of the molecule is Cc1cc(C(=O)COC(=O)c2ccc(C=O)cc2)c(C)n1-c1ccc2c(c1)OCCO2. The number of fused-ring (bicyclic) bond motifs is 1. The van der Waals surface area contributed by atoms with Gasteiger partial charge in [-0.05, 0) is 44.2 Å². The van der Waals surface area contributed by atoms with Crippen molar-refractivity contribution in [3.8, 4) is 17.2 Å². The number of ketones is 1. The fourth-order valence-electron chi connectivity index (χ4n) is 3.60. The molecular weight excluding hydrogens is 398 g/mol. The van der Waals surface area contributed by atoms with Gasteiger partial charge >= 0.3 is 5.97 Å². The van der Waals surface area contributed by atoms with Gasteiger partial charge in [-0.15, -0.1) is 0 Å². The van der Waals surface area contributed by atoms with Gasteiger partial charge in [0.05, 0.1) is 5.56 Å². The maximum absolute atomic E-state index is 12.7. The van der Waals surface area contributed by atoms with Crippen molar-refractivity contribution in [2.24, 2.45) is 0 Å². The first-order chi connectivity index (χ1) is 15.0. The van der Waals surface area contributed by atoms with E-state index in [0.29, 0.717) is 42.1 Å². The van der Waals surface area contributed by atoms with Crippen LogP contribution in [0.15, 0.2) is 48.5 Å². The molecule has 0 amide bonds. The van der Waals surface area contributed by atoms with Gasteiger partial charge in [0, 0.05) is 34.3 Å². The van der Waals surface area contributed by atoms with Gasteiger partial charge in [-0.2, -0.15) is 0 Å². The summed E-state index contributed by atoms with van der Waals surface area (Å²) in [5.41, 5.74) is 3.68. The molecule has 158 valence electrons. The zero-order valence-electron chi connectivity index (χ0n) is 17.2. The predicted molar refractivity (Wildman–Crippen MR) is 113 cm³/mol. The Hall–Kier alpha value is -3.87. The molecule has 3 aromatic rings. The van der Waals surface area contributed by atoms with Crippen molar-refractivity contribution in [3.63, 3.8) is 0 Å². The summed E-state index contributed by atoms with van der Waals surface area (Å²) in [6.07, 6.45) is 0.691. The molecule has 4 rings (SSSR count). The van der Waals surface area contributed by atoms with Crippen LogP contribution in [0.3, 0.4) is 0 Å². The normalized spacial score (nSPS) is 12.3. The zero-order chi connectivity index (χ0) is 22.0. The topological polar surface area (TPSA) is 83.8 Å². The van der Waals surface area contributed by atoms with E-state index in [1.54, 1.807) is 6.07 Å². The van der Waals surface area contributed by atoms with Gasteiger partial charge in [0.15, 0.2) is 18.1 Å². The van der Waals surface area contributed by atoms with Gasteiger partial charge in [0.2, 0.25) is 5.78 Å². The molecule has 0 spiro atoms. The number of benzene rings is 2. The van der Waals surface area contributed by atoms with E-state index in [1.807, 2.05) is 36.6 Å². The van der Waals surface area contributed by atoms with Crippen molar-refractivity contribution in [2.45, 2.75) is 13.8 Å². The number of Topliss-reactive ketones (excluding diaryl/α,β-unsaturated/α-hetero) is 1. The van der Waals surface area contributed by atoms with Crippen LogP contribution >= 0.6 is 0 Å². The van der Waals surface area contributed by atoms with E-state index in [2.05, 4.69) is 0 Å². The van der Waals surface area contributed by atoms with Crippen molar-refractivity contribution < 1.29 is 28.6 Å². The highest BCUT2D eigenvalue weighted by Gasteiger charge is 2.20. The molecule has 2 heterocycles. The van der Waals surface area contributed by atoms with E-state index in [0.717, 1.165) is 17.1 Å². The molecule has 7 heteroatoms. The van der Waals surface area contributed by atoms with Gasteiger partial charge in [-0.3, -0.25) is 9.59 Å². The quantitative estimate of drug-likeness (QED) is 0.344. The molecule has 7 nitrogen and oxygen atoms in total. The molecule has 0 radical (unpaired) electrons. The molecule has 0 N–H and O–H groups in total. The third-order valence-corrected chi connectivity index (χ3v) is 5.13. The molecule has 1 aromatic heterocycles. The Bertz CT molecular complexity index is 1160. The number of rotatable bonds is 6. The largest absolute Gasteiger partial charge is 0.486 e. The summed E-state index contributed by atoms with van der Waals surface area (Å²) < 4.78 is 18.4. The summed E-state index contributed by atoms with van der Waals surface area (Å²) in [4.78, 5) is 35.7. The van der Waals surface area contributed by atoms with E-state index < -0.39 is 5.97 Å². The van der Waals surface area contributed by atoms with Crippen LogP contribution in [-0.4, -0.2) is 42.4 Å². The second-order valence-corrected chi connectivity index (χ2v) is 7.19. The maximum Gasteiger partial charge on any atom is 0.338 e. The Morgan fingerprint density at radius 1 is 1.00 bits per heavy atom. The van der Waals surface area contributed by atoms with Gasteiger partial charge < -0.3 is 18.8 Å². The lowest BCUT2D eigenvalue weighted by Gasteiger charge is -2.20. The number of aldehydes is 1. The van der Waals surface area contributed by atoms with Gasteiger partial charge in [-0.25, -0.2) is 4.79 Å². The van der Waals surface area contributed by atoms with Gasteiger partial charge in [0.25, 0.3) is 0 Å². The number of nitrogens with zero attached hydrogens (tertiary/aromatic N) is 1. The van der Waals surface area contributed by atoms with Crippen molar-refractivity contribution in [2.75, 3.05) is 19.8 Å². The van der Waals surface area contributed by atoms with E-state index in [1.165, 1.54) is 24.3 Å². The second kappa shape index (κ2) is 8.47. The molecule has 2 aromatic carbocycles. The molecule has 0 fully saturated rings. The summed E-state index contributed by atoms with van der Waals surface area (Å²) in [7, 11) is 0. The second-order valence-electron chi connectivity index (χ2n) is 7.19. The molecule has 0 atom stereocenters. The van der Waals surface area contributed by atoms with E-state index >= 15 is 0 Å². The summed E-state index contributed by atoms with van der Waals surface area (Å²) in [5, 5.41) is 0. The first kappa shape index (κ1) is 20.4. The molecule has 0 aliphatic carbocycles. The third-order valence-electron chi connectivity index (χ3n) is 5.13. The summed E-state index contributed by atoms with van der Waals surface area (Å²) in [6.45, 7) is 4.39. The van der Waals surface area contributed by atoms with Crippen molar-refractivity contribution in [3.05, 3.63) is 76.6 Å². The van der Waals surface area contributed by atoms with Crippen LogP contribution in [0.25, 0.3) is 5.69 Å². The third kappa shape index (κ3) is 4.07. The number of aromatic nitrogens is 1. The Morgan fingerprint density at radius 2 is 1.71 bits per heavy atom. The van der Waals surface area contributed by atoms with Crippen LogP contribution in [0, 0.1) is 13.8 Å². The van der Waals surface area contributed by atoms with E-state index in [-0.39, 0.29) is 18.0 Å². The lowest BCUT2D eigenvalue weighted by Crippen LogP contribution is -2.16. The van der Waals surface area contributed by atoms with Crippen LogP contribution in [0.1, 0.15) is 42.5 Å². The number of carbonyl (C=O) groups is 3. The monoisotopic (exact) mass is 419 g/mol. The van der Waals surface area contributed by atoms with Crippen LogP contribution in [0.5, 0.6) is 11.5 Å². The van der Waals surface area contributed by atoms with Crippen LogP contribution in [-0.2, 0) is 4.74 Å². The van der Waals surface area contributed by atoms with E-state index in [4.69, 9.17) is 14.2 Å². The number of aryl methyl sites for hydroxylation is 1. The van der Waals surface area contributed by atoms with Crippen LogP contribution in [0.4, 0.5) is 0 Å². The zero-order valence-corrected chi connectivity index (χ0v) is 17.2. The molecule has 1 aliphatic rings. The molecule has 1 aliphatic heterocycles. The Kier molecular flexibility index (Phi) is 5.58. The fourth-order valence-corrected chi connectivity index (χ4v) is 3.60. The number of ether oxygens (including phenoxy) is 3. The molecule has 0 saturated carbocycles. The van der Waals surface area contributed by atoms with E-state index in [9.17, 15) is 14.4 Å². The molecule has 0 unspecified atom stereocenters. The average molecular weight is 419 g/mol. The lowest BCUT2D eigenvalue weighted by atomic mass is 10.1. The van der Waals surface area contributed by atoms with Crippen LogP contribution in [0.2, 0.25) is 0 Å². The minimum Gasteiger partial charge on any atom is -0.486 e. The minimum atomic E-state index is -0.619. The molecule has 0 bridgehead atoms. The smallest absolute Gasteiger partial charge is 0.338 e. The lowest BCUT2D eigenvalue weighted by molar-refractivity contribution is 0.0474. The number of hydrogen-bond acceptors (Lipinski definition) is 6. The van der Waals surface area contributed by atoms with Gasteiger partial charge in [0.1, 0.15) is 19.5 Å². The first-order valence-corrected chi connectivity index (χ1v) is 9.82. The number of carbonyl (C=O) groups excluding carboxylic acids is 3. The highest BCUT2D eigenvalue weighted by molar-refractivity contribution is 6.00. The Morgan fingerprint density at radius 3 is 2.42 bits per heavy atom. The van der Waals surface area contributed by atoms with Crippen molar-refractivity contribution in [1.82, 2.24) is 4.57 Å². The van der Waals surface area contributed by atoms with Crippen molar-refractivity contribution in [1.29, 1.82) is 0 Å². The predicted octanol–water partition coefficient (Wildman–Crippen LogP) is 3.72. The first-order valence-electron chi connectivity index (χ1n) is 9.82. The standard InChI is InChI=1S/C24H21NO6/c1-15-11-20(21(27)14-31-24(28)18-5-3-17(13-26)4-6-18)16(2)25(15)19-7-8-22-23(12-19)30-10-9-29-22/h3-8,11-13H,9-10,14H2,1-2H3. The fraction of sp³-hybridized carbons (Fsp3) is 0.208.